The average Bonchev–Trinajstić information content (AvgIpc) is 2.72. The summed E-state index contributed by atoms with van der Waals surface area (Å²) < 4.78 is 11.1. The normalized spacial score (nSPS) is 10.2. The zero-order valence-corrected chi connectivity index (χ0v) is 15.2. The van der Waals surface area contributed by atoms with Gasteiger partial charge in [0.2, 0.25) is 0 Å². The molecule has 0 radical (unpaired) electrons. The molecular weight excluding hydrogens is 322 g/mol. The lowest BCUT2D eigenvalue weighted by atomic mass is 10.1. The summed E-state index contributed by atoms with van der Waals surface area (Å²) in [5.41, 5.74) is 4.36. The summed E-state index contributed by atoms with van der Waals surface area (Å²) in [5.74, 6) is 1.44. The van der Waals surface area contributed by atoms with Crippen molar-refractivity contribution in [3.63, 3.8) is 0 Å². The number of ether oxygens (including phenoxy) is 2. The minimum Gasteiger partial charge on any atom is -0.493 e. The molecule has 26 heavy (non-hydrogen) atoms. The van der Waals surface area contributed by atoms with Crippen molar-refractivity contribution in [1.29, 1.82) is 0 Å². The molecule has 0 fully saturated rings. The number of benzene rings is 3. The van der Waals surface area contributed by atoms with Crippen molar-refractivity contribution in [2.75, 3.05) is 19.1 Å². The van der Waals surface area contributed by atoms with Crippen LogP contribution >= 0.6 is 0 Å². The summed E-state index contributed by atoms with van der Waals surface area (Å²) in [6.07, 6.45) is 1.85. The van der Waals surface area contributed by atoms with Gasteiger partial charge in [-0.3, -0.25) is 0 Å². The molecule has 3 rings (SSSR count). The van der Waals surface area contributed by atoms with E-state index < -0.39 is 0 Å². The van der Waals surface area contributed by atoms with E-state index in [4.69, 9.17) is 9.47 Å². The van der Waals surface area contributed by atoms with E-state index in [9.17, 15) is 0 Å². The van der Waals surface area contributed by atoms with Gasteiger partial charge in [-0.1, -0.05) is 61.2 Å². The van der Waals surface area contributed by atoms with Crippen LogP contribution in [0.3, 0.4) is 0 Å². The van der Waals surface area contributed by atoms with Gasteiger partial charge in [-0.15, -0.1) is 0 Å². The van der Waals surface area contributed by atoms with E-state index in [1.54, 1.807) is 14.2 Å². The van der Waals surface area contributed by atoms with Crippen LogP contribution in [-0.2, 0) is 6.54 Å². The van der Waals surface area contributed by atoms with Gasteiger partial charge >= 0.3 is 0 Å². The molecule has 3 nitrogen and oxygen atoms in total. The zero-order valence-electron chi connectivity index (χ0n) is 15.2. The van der Waals surface area contributed by atoms with Crippen LogP contribution in [0.2, 0.25) is 0 Å². The second-order valence-corrected chi connectivity index (χ2v) is 5.88. The standard InChI is InChI=1S/C23H23NO2/c1-4-18-13-15-19(16-14-18)17-24(20-9-6-5-7-10-20)21-11-8-12-22(25-2)23(21)26-3/h4-16H,1,17H2,2-3H3. The Balaban J connectivity index is 2.05. The Morgan fingerprint density at radius 3 is 2.19 bits per heavy atom. The summed E-state index contributed by atoms with van der Waals surface area (Å²) in [6.45, 7) is 4.53. The van der Waals surface area contributed by atoms with Crippen molar-refractivity contribution >= 4 is 17.5 Å². The fraction of sp³-hybridized carbons (Fsp3) is 0.130. The highest BCUT2D eigenvalue weighted by atomic mass is 16.5. The molecule has 0 aliphatic carbocycles. The van der Waals surface area contributed by atoms with Crippen LogP contribution in [0.1, 0.15) is 11.1 Å². The SMILES string of the molecule is C=Cc1ccc(CN(c2ccccc2)c2cccc(OC)c2OC)cc1. The number of nitrogens with zero attached hydrogens (tertiary/aromatic N) is 1. The third-order valence-corrected chi connectivity index (χ3v) is 4.30. The largest absolute Gasteiger partial charge is 0.493 e. The highest BCUT2D eigenvalue weighted by Crippen LogP contribution is 2.41. The monoisotopic (exact) mass is 345 g/mol. The highest BCUT2D eigenvalue weighted by Gasteiger charge is 2.18. The molecule has 3 aromatic rings. The van der Waals surface area contributed by atoms with Crippen molar-refractivity contribution < 1.29 is 9.47 Å². The molecule has 3 heteroatoms. The van der Waals surface area contributed by atoms with Gasteiger partial charge in [0.15, 0.2) is 11.5 Å². The number of anilines is 2. The Kier molecular flexibility index (Phi) is 5.59. The molecule has 0 heterocycles. The van der Waals surface area contributed by atoms with Crippen molar-refractivity contribution in [3.8, 4) is 11.5 Å². The molecule has 132 valence electrons. The van der Waals surface area contributed by atoms with E-state index in [1.165, 1.54) is 5.56 Å². The van der Waals surface area contributed by atoms with Gasteiger partial charge in [-0.2, -0.15) is 0 Å². The maximum atomic E-state index is 5.66. The van der Waals surface area contributed by atoms with Gasteiger partial charge < -0.3 is 14.4 Å². The molecule has 0 atom stereocenters. The van der Waals surface area contributed by atoms with Gasteiger partial charge in [0.1, 0.15) is 0 Å². The first-order valence-electron chi connectivity index (χ1n) is 8.51. The van der Waals surface area contributed by atoms with Gasteiger partial charge in [-0.25, -0.2) is 0 Å². The average molecular weight is 345 g/mol. The number of para-hydroxylation sites is 2. The van der Waals surface area contributed by atoms with Crippen LogP contribution < -0.4 is 14.4 Å². The summed E-state index contributed by atoms with van der Waals surface area (Å²) in [7, 11) is 3.33. The maximum Gasteiger partial charge on any atom is 0.184 e. The number of hydrogen-bond donors (Lipinski definition) is 0. The summed E-state index contributed by atoms with van der Waals surface area (Å²) in [6, 6.07) is 24.6. The molecule has 0 spiro atoms. The Morgan fingerprint density at radius 1 is 0.846 bits per heavy atom. The second kappa shape index (κ2) is 8.26. The second-order valence-electron chi connectivity index (χ2n) is 5.88. The van der Waals surface area contributed by atoms with Crippen LogP contribution in [0.4, 0.5) is 11.4 Å². The molecule has 0 aliphatic heterocycles. The summed E-state index contributed by atoms with van der Waals surface area (Å²) in [5, 5.41) is 0. The number of hydrogen-bond acceptors (Lipinski definition) is 3. The van der Waals surface area contributed by atoms with Gasteiger partial charge in [-0.05, 0) is 35.4 Å². The predicted octanol–water partition coefficient (Wildman–Crippen LogP) is 5.69. The van der Waals surface area contributed by atoms with Crippen molar-refractivity contribution in [3.05, 3.63) is 90.5 Å². The molecule has 0 saturated heterocycles. The first-order valence-corrected chi connectivity index (χ1v) is 8.51. The number of methoxy groups -OCH3 is 2. The molecule has 0 amide bonds. The zero-order chi connectivity index (χ0) is 18.4. The molecule has 0 bridgehead atoms. The van der Waals surface area contributed by atoms with Crippen molar-refractivity contribution in [2.45, 2.75) is 6.54 Å². The lowest BCUT2D eigenvalue weighted by Gasteiger charge is -2.27. The van der Waals surface area contributed by atoms with Crippen molar-refractivity contribution in [2.24, 2.45) is 0 Å². The maximum absolute atomic E-state index is 5.66. The Morgan fingerprint density at radius 2 is 1.58 bits per heavy atom. The topological polar surface area (TPSA) is 21.7 Å². The molecule has 0 N–H and O–H groups in total. The number of rotatable bonds is 7. The lowest BCUT2D eigenvalue weighted by molar-refractivity contribution is 0.355. The minimum atomic E-state index is 0.713. The fourth-order valence-electron chi connectivity index (χ4n) is 2.95. The molecular formula is C23H23NO2. The van der Waals surface area contributed by atoms with Crippen LogP contribution in [0.5, 0.6) is 11.5 Å². The molecule has 0 aliphatic rings. The minimum absolute atomic E-state index is 0.713. The third kappa shape index (κ3) is 3.72. The smallest absolute Gasteiger partial charge is 0.184 e. The van der Waals surface area contributed by atoms with E-state index >= 15 is 0 Å². The van der Waals surface area contributed by atoms with E-state index in [1.807, 2.05) is 42.5 Å². The van der Waals surface area contributed by atoms with Crippen molar-refractivity contribution in [1.82, 2.24) is 0 Å². The van der Waals surface area contributed by atoms with E-state index in [0.29, 0.717) is 12.3 Å². The van der Waals surface area contributed by atoms with E-state index in [0.717, 1.165) is 22.7 Å². The first-order chi connectivity index (χ1) is 12.8. The first kappa shape index (κ1) is 17.6. The molecule has 0 unspecified atom stereocenters. The van der Waals surface area contributed by atoms with Crippen LogP contribution in [0.25, 0.3) is 6.08 Å². The van der Waals surface area contributed by atoms with Gasteiger partial charge in [0.05, 0.1) is 19.9 Å². The summed E-state index contributed by atoms with van der Waals surface area (Å²) >= 11 is 0. The Hall–Kier alpha value is -3.20. The molecule has 3 aromatic carbocycles. The molecule has 0 aromatic heterocycles. The van der Waals surface area contributed by atoms with Crippen LogP contribution in [-0.4, -0.2) is 14.2 Å². The Bertz CT molecular complexity index is 857. The van der Waals surface area contributed by atoms with E-state index in [2.05, 4.69) is 47.9 Å². The van der Waals surface area contributed by atoms with Gasteiger partial charge in [0, 0.05) is 12.2 Å². The fourth-order valence-corrected chi connectivity index (χ4v) is 2.95. The lowest BCUT2D eigenvalue weighted by Crippen LogP contribution is -2.17. The highest BCUT2D eigenvalue weighted by molar-refractivity contribution is 5.72. The summed E-state index contributed by atoms with van der Waals surface area (Å²) in [4.78, 5) is 2.23. The third-order valence-electron chi connectivity index (χ3n) is 4.30. The predicted molar refractivity (Wildman–Crippen MR) is 108 cm³/mol. The quantitative estimate of drug-likeness (QED) is 0.549. The van der Waals surface area contributed by atoms with Gasteiger partial charge in [0.25, 0.3) is 0 Å². The van der Waals surface area contributed by atoms with Crippen LogP contribution in [0.15, 0.2) is 79.4 Å². The van der Waals surface area contributed by atoms with E-state index in [-0.39, 0.29) is 0 Å². The Labute approximate surface area is 155 Å². The van der Waals surface area contributed by atoms with Crippen LogP contribution in [0, 0.1) is 0 Å². The molecule has 0 saturated carbocycles.